The van der Waals surface area contributed by atoms with Gasteiger partial charge in [0.25, 0.3) is 0 Å². The van der Waals surface area contributed by atoms with Crippen LogP contribution in [0.15, 0.2) is 18.3 Å². The highest BCUT2D eigenvalue weighted by molar-refractivity contribution is 6.06. The summed E-state index contributed by atoms with van der Waals surface area (Å²) < 4.78 is 24.0. The molecule has 0 spiro atoms. The first kappa shape index (κ1) is 45.4. The average molecular weight is 815 g/mol. The van der Waals surface area contributed by atoms with Gasteiger partial charge in [0, 0.05) is 32.5 Å². The fraction of sp³-hybridized carbons (Fsp3) is 0.786. The Kier molecular flexibility index (Phi) is 19.6. The summed E-state index contributed by atoms with van der Waals surface area (Å²) in [5, 5.41) is 20.0. The zero-order valence-electron chi connectivity index (χ0n) is 34.3. The molecule has 58 heavy (non-hydrogen) atoms. The summed E-state index contributed by atoms with van der Waals surface area (Å²) in [5.74, 6) is -0.811. The van der Waals surface area contributed by atoms with Crippen molar-refractivity contribution in [2.24, 2.45) is 23.7 Å². The summed E-state index contributed by atoms with van der Waals surface area (Å²) in [4.78, 5) is 66.9. The number of carbonyl (C=O) groups excluding carboxylic acids is 5. The standard InChI is InChI=1S/C42H66N6O10/c49-22-18-43-36(50)17-20-46(37(51)14-10-7-11-19-48-41(53)39-32-15-16-33(28-32)40(39)42(48)54)29-34-30-47(45-44-34)21-23-55-24-25-56-26-27-57-31-38(52)58-35-12-8-5-3-1-2-4-6-9-13-35/h15-16,30,32-33,35,39-40,49H,1-14,17-29,31H2,(H,43,50)/t32-,33+,39+,40-. The molecule has 0 aromatic carbocycles. The number of allylic oxidation sites excluding steroid dienone is 2. The monoisotopic (exact) mass is 814 g/mol. The number of fused-ring (bicyclic) bond motifs is 5. The van der Waals surface area contributed by atoms with E-state index in [1.807, 2.05) is 0 Å². The number of hydrogen-bond donors (Lipinski definition) is 2. The number of imide groups is 1. The van der Waals surface area contributed by atoms with Crippen LogP contribution in [0.4, 0.5) is 0 Å². The van der Waals surface area contributed by atoms with Gasteiger partial charge in [0.2, 0.25) is 23.6 Å². The minimum Gasteiger partial charge on any atom is -0.461 e. The Labute approximate surface area is 342 Å². The van der Waals surface area contributed by atoms with Crippen molar-refractivity contribution in [2.45, 2.75) is 122 Å². The van der Waals surface area contributed by atoms with Gasteiger partial charge < -0.3 is 34.3 Å². The summed E-state index contributed by atoms with van der Waals surface area (Å²) >= 11 is 0. The van der Waals surface area contributed by atoms with Crippen LogP contribution in [0.3, 0.4) is 0 Å². The second-order valence-corrected chi connectivity index (χ2v) is 16.0. The highest BCUT2D eigenvalue weighted by Gasteiger charge is 2.58. The van der Waals surface area contributed by atoms with Crippen molar-refractivity contribution in [3.8, 4) is 0 Å². The molecule has 1 aromatic heterocycles. The van der Waals surface area contributed by atoms with E-state index in [9.17, 15) is 24.0 Å². The smallest absolute Gasteiger partial charge is 0.332 e. The number of rotatable bonds is 25. The lowest BCUT2D eigenvalue weighted by molar-refractivity contribution is -0.155. The Morgan fingerprint density at radius 1 is 0.793 bits per heavy atom. The number of unbranched alkanes of at least 4 members (excludes halogenated alkanes) is 2. The molecule has 4 aliphatic rings. The third-order valence-electron chi connectivity index (χ3n) is 11.7. The molecule has 0 unspecified atom stereocenters. The fourth-order valence-electron chi connectivity index (χ4n) is 8.63. The van der Waals surface area contributed by atoms with E-state index < -0.39 is 0 Å². The van der Waals surface area contributed by atoms with Gasteiger partial charge in [0.1, 0.15) is 18.4 Å². The molecule has 2 heterocycles. The first-order valence-corrected chi connectivity index (χ1v) is 21.8. The van der Waals surface area contributed by atoms with E-state index >= 15 is 0 Å². The van der Waals surface area contributed by atoms with Crippen molar-refractivity contribution in [2.75, 3.05) is 65.9 Å². The minimum absolute atomic E-state index is 0.0103. The van der Waals surface area contributed by atoms with Crippen LogP contribution in [0.1, 0.15) is 108 Å². The molecular formula is C42H66N6O10. The molecule has 16 nitrogen and oxygen atoms in total. The van der Waals surface area contributed by atoms with Gasteiger partial charge in [-0.2, -0.15) is 0 Å². The van der Waals surface area contributed by atoms with E-state index in [0.29, 0.717) is 64.5 Å². The third-order valence-corrected chi connectivity index (χ3v) is 11.7. The van der Waals surface area contributed by atoms with Crippen LogP contribution in [-0.2, 0) is 56.0 Å². The molecule has 324 valence electrons. The number of amides is 4. The molecule has 0 radical (unpaired) electrons. The van der Waals surface area contributed by atoms with E-state index in [2.05, 4.69) is 27.8 Å². The Bertz CT molecular complexity index is 1450. The van der Waals surface area contributed by atoms with Crippen molar-refractivity contribution >= 4 is 29.6 Å². The number of aliphatic hydroxyl groups excluding tert-OH is 1. The summed E-state index contributed by atoms with van der Waals surface area (Å²) in [5.41, 5.74) is 0.572. The first-order valence-electron chi connectivity index (χ1n) is 21.8. The summed E-state index contributed by atoms with van der Waals surface area (Å²) in [6, 6.07) is 0. The van der Waals surface area contributed by atoms with Crippen LogP contribution in [0.5, 0.6) is 0 Å². The lowest BCUT2D eigenvalue weighted by Crippen LogP contribution is -2.35. The topological polar surface area (TPSA) is 192 Å². The number of aromatic nitrogens is 3. The van der Waals surface area contributed by atoms with Crippen LogP contribution in [0, 0.1) is 23.7 Å². The number of nitrogens with zero attached hydrogens (tertiary/aromatic N) is 5. The molecule has 4 atom stereocenters. The normalized spacial score (nSPS) is 22.3. The van der Waals surface area contributed by atoms with Crippen LogP contribution in [-0.4, -0.2) is 131 Å². The molecule has 2 saturated carbocycles. The summed E-state index contributed by atoms with van der Waals surface area (Å²) in [6.07, 6.45) is 20.7. The highest BCUT2D eigenvalue weighted by Crippen LogP contribution is 2.52. The molecule has 2 bridgehead atoms. The third kappa shape index (κ3) is 14.5. The number of esters is 1. The summed E-state index contributed by atoms with van der Waals surface area (Å²) in [7, 11) is 0. The molecule has 3 fully saturated rings. The van der Waals surface area contributed by atoms with E-state index in [0.717, 1.165) is 32.1 Å². The highest BCUT2D eigenvalue weighted by atomic mass is 16.6. The SMILES string of the molecule is O=C(CCN(Cc1cn(CCOCCOCCOCC(=O)OC2CCCCCCCCCC2)nn1)C(=O)CCCCCN1C(=O)[C@@H]2[C@H](C1=O)[C@H]1C=C[C@@H]2C1)NCCO. The Morgan fingerprint density at radius 3 is 2.10 bits per heavy atom. The molecule has 4 amide bonds. The van der Waals surface area contributed by atoms with Crippen molar-refractivity contribution in [3.63, 3.8) is 0 Å². The number of carbonyl (C=O) groups is 5. The predicted molar refractivity (Wildman–Crippen MR) is 212 cm³/mol. The molecule has 1 aliphatic heterocycles. The molecular weight excluding hydrogens is 748 g/mol. The van der Waals surface area contributed by atoms with Crippen molar-refractivity contribution in [1.29, 1.82) is 0 Å². The van der Waals surface area contributed by atoms with Crippen molar-refractivity contribution in [1.82, 2.24) is 30.1 Å². The van der Waals surface area contributed by atoms with Gasteiger partial charge >= 0.3 is 5.97 Å². The maximum absolute atomic E-state index is 13.3. The molecule has 1 saturated heterocycles. The fourth-order valence-corrected chi connectivity index (χ4v) is 8.63. The number of nitrogens with one attached hydrogen (secondary N) is 1. The maximum Gasteiger partial charge on any atom is 0.332 e. The van der Waals surface area contributed by atoms with Gasteiger partial charge in [0.05, 0.1) is 70.8 Å². The van der Waals surface area contributed by atoms with E-state index in [1.165, 1.54) is 43.4 Å². The maximum atomic E-state index is 13.3. The van der Waals surface area contributed by atoms with Gasteiger partial charge in [-0.25, -0.2) is 9.48 Å². The largest absolute Gasteiger partial charge is 0.461 e. The van der Waals surface area contributed by atoms with Crippen LogP contribution >= 0.6 is 0 Å². The van der Waals surface area contributed by atoms with E-state index in [1.54, 1.807) is 15.8 Å². The van der Waals surface area contributed by atoms with Gasteiger partial charge in [-0.1, -0.05) is 62.3 Å². The lowest BCUT2D eigenvalue weighted by atomic mass is 9.85. The zero-order chi connectivity index (χ0) is 41.0. The predicted octanol–water partition coefficient (Wildman–Crippen LogP) is 3.35. The molecule has 5 rings (SSSR count). The molecule has 16 heteroatoms. The number of hydrogen-bond acceptors (Lipinski definition) is 12. The number of likely N-dealkylation sites (tertiary alicyclic amines) is 1. The first-order chi connectivity index (χ1) is 28.3. The van der Waals surface area contributed by atoms with Crippen LogP contribution in [0.25, 0.3) is 0 Å². The quantitative estimate of drug-likeness (QED) is 0.0635. The minimum atomic E-state index is -0.314. The number of ether oxygens (including phenoxy) is 4. The van der Waals surface area contributed by atoms with Gasteiger partial charge in [-0.05, 0) is 56.8 Å². The second kappa shape index (κ2) is 25.0. The molecule has 1 aromatic rings. The summed E-state index contributed by atoms with van der Waals surface area (Å²) in [6.45, 7) is 2.81. The lowest BCUT2D eigenvalue weighted by Gasteiger charge is -2.22. The Balaban J connectivity index is 0.924. The van der Waals surface area contributed by atoms with E-state index in [4.69, 9.17) is 24.1 Å². The Morgan fingerprint density at radius 2 is 1.43 bits per heavy atom. The molecule has 3 aliphatic carbocycles. The van der Waals surface area contributed by atoms with Gasteiger partial charge in [-0.3, -0.25) is 24.1 Å². The Hall–Kier alpha value is -3.73. The van der Waals surface area contributed by atoms with Crippen molar-refractivity contribution < 1.29 is 48.0 Å². The average Bonchev–Trinajstić information content (AvgIpc) is 4.01. The zero-order valence-corrected chi connectivity index (χ0v) is 34.3. The number of aliphatic hydroxyl groups is 1. The second-order valence-electron chi connectivity index (χ2n) is 16.0. The van der Waals surface area contributed by atoms with Gasteiger partial charge in [0.15, 0.2) is 0 Å². The van der Waals surface area contributed by atoms with E-state index in [-0.39, 0.29) is 112 Å². The van der Waals surface area contributed by atoms with Crippen LogP contribution < -0.4 is 5.32 Å². The van der Waals surface area contributed by atoms with Gasteiger partial charge in [-0.15, -0.1) is 5.10 Å². The van der Waals surface area contributed by atoms with Crippen LogP contribution in [0.2, 0.25) is 0 Å². The van der Waals surface area contributed by atoms with Crippen molar-refractivity contribution in [3.05, 3.63) is 24.0 Å². The molecule has 2 N–H and O–H groups in total.